The van der Waals surface area contributed by atoms with Gasteiger partial charge in [0, 0.05) is 35.8 Å². The lowest BCUT2D eigenvalue weighted by atomic mass is 10.1. The molecule has 2 aromatic carbocycles. The van der Waals surface area contributed by atoms with Crippen molar-refractivity contribution in [3.8, 4) is 23.4 Å². The fourth-order valence-corrected chi connectivity index (χ4v) is 4.64. The van der Waals surface area contributed by atoms with E-state index in [9.17, 15) is 9.59 Å². The highest BCUT2D eigenvalue weighted by molar-refractivity contribution is 6.04. The summed E-state index contributed by atoms with van der Waals surface area (Å²) in [6.45, 7) is 1.75. The highest BCUT2D eigenvalue weighted by Crippen LogP contribution is 2.22. The molecule has 11 heteroatoms. The van der Waals surface area contributed by atoms with E-state index in [0.29, 0.717) is 45.1 Å². The number of benzene rings is 2. The van der Waals surface area contributed by atoms with Crippen molar-refractivity contribution in [3.05, 3.63) is 118 Å². The number of hydrogen-bond acceptors (Lipinski definition) is 8. The number of para-hydroxylation sites is 1. The van der Waals surface area contributed by atoms with Crippen LogP contribution in [-0.4, -0.2) is 42.2 Å². The topological polar surface area (TPSA) is 142 Å². The van der Waals surface area contributed by atoms with Crippen LogP contribution in [0.2, 0.25) is 0 Å². The van der Waals surface area contributed by atoms with E-state index in [2.05, 4.69) is 32.2 Å². The number of hydrogen-bond donors (Lipinski definition) is 2. The van der Waals surface area contributed by atoms with Crippen molar-refractivity contribution in [2.75, 3.05) is 12.8 Å². The Balaban J connectivity index is 1.46. The number of nitrogens with one attached hydrogen (secondary N) is 1. The summed E-state index contributed by atoms with van der Waals surface area (Å²) in [6.07, 6.45) is 4.81. The Hall–Kier alpha value is -6.02. The van der Waals surface area contributed by atoms with Gasteiger partial charge in [-0.15, -0.1) is 5.10 Å². The van der Waals surface area contributed by atoms with Crippen LogP contribution in [0.4, 0.5) is 5.82 Å². The first-order valence-electron chi connectivity index (χ1n) is 13.0. The number of aromatic nitrogens is 6. The molecule has 0 unspecified atom stereocenters. The molecular weight excluding hydrogens is 532 g/mol. The van der Waals surface area contributed by atoms with Gasteiger partial charge in [-0.2, -0.15) is 0 Å². The normalized spacial score (nSPS) is 11.6. The SMILES string of the molecule is COc1ccc(C#Cc2cccc3nc([C@H](C)NC(=O)c4c(N)nn5cccnc45)n(-c4ccccc4)c(=O)c23)cn1. The van der Waals surface area contributed by atoms with E-state index in [1.807, 2.05) is 18.2 Å². The maximum atomic E-state index is 14.2. The zero-order valence-electron chi connectivity index (χ0n) is 22.6. The third-order valence-corrected chi connectivity index (χ3v) is 6.61. The third-order valence-electron chi connectivity index (χ3n) is 6.61. The fourth-order valence-electron chi connectivity index (χ4n) is 4.64. The van der Waals surface area contributed by atoms with Gasteiger partial charge in [0.05, 0.1) is 29.7 Å². The summed E-state index contributed by atoms with van der Waals surface area (Å²) in [5, 5.41) is 7.45. The molecule has 0 aliphatic carbocycles. The number of carbonyl (C=O) groups excluding carboxylic acids is 1. The van der Waals surface area contributed by atoms with Crippen LogP contribution >= 0.6 is 0 Å². The van der Waals surface area contributed by atoms with E-state index in [1.165, 1.54) is 9.08 Å². The van der Waals surface area contributed by atoms with E-state index < -0.39 is 11.9 Å². The number of ether oxygens (including phenoxy) is 1. The summed E-state index contributed by atoms with van der Waals surface area (Å²) in [4.78, 5) is 40.9. The molecule has 206 valence electrons. The number of carbonyl (C=O) groups is 1. The van der Waals surface area contributed by atoms with E-state index in [1.54, 1.807) is 81.2 Å². The molecule has 0 aliphatic heterocycles. The monoisotopic (exact) mass is 556 g/mol. The summed E-state index contributed by atoms with van der Waals surface area (Å²) in [5.74, 6) is 6.53. The number of rotatable bonds is 5. The molecule has 3 N–H and O–H groups in total. The minimum absolute atomic E-state index is 0.0422. The van der Waals surface area contributed by atoms with Crippen LogP contribution in [0, 0.1) is 11.8 Å². The lowest BCUT2D eigenvalue weighted by Crippen LogP contribution is -2.33. The van der Waals surface area contributed by atoms with Crippen molar-refractivity contribution in [3.63, 3.8) is 0 Å². The molecule has 0 fully saturated rings. The molecule has 1 atom stereocenters. The average Bonchev–Trinajstić information content (AvgIpc) is 3.36. The van der Waals surface area contributed by atoms with Crippen molar-refractivity contribution in [1.29, 1.82) is 0 Å². The molecule has 1 amide bonds. The van der Waals surface area contributed by atoms with E-state index in [4.69, 9.17) is 15.5 Å². The largest absolute Gasteiger partial charge is 0.481 e. The molecule has 4 aromatic heterocycles. The second-order valence-electron chi connectivity index (χ2n) is 9.33. The first-order chi connectivity index (χ1) is 20.4. The maximum Gasteiger partial charge on any atom is 0.267 e. The Kier molecular flexibility index (Phi) is 6.78. The minimum atomic E-state index is -0.701. The first-order valence-corrected chi connectivity index (χ1v) is 13.0. The van der Waals surface area contributed by atoms with Gasteiger partial charge in [-0.25, -0.2) is 19.5 Å². The Morgan fingerprint density at radius 3 is 2.62 bits per heavy atom. The Bertz CT molecular complexity index is 2070. The summed E-state index contributed by atoms with van der Waals surface area (Å²) < 4.78 is 8.04. The van der Waals surface area contributed by atoms with Crippen molar-refractivity contribution in [2.24, 2.45) is 0 Å². The van der Waals surface area contributed by atoms with Gasteiger partial charge in [-0.3, -0.25) is 14.2 Å². The molecule has 0 radical (unpaired) electrons. The molecule has 0 bridgehead atoms. The summed E-state index contributed by atoms with van der Waals surface area (Å²) >= 11 is 0. The van der Waals surface area contributed by atoms with Crippen LogP contribution in [-0.2, 0) is 0 Å². The molecule has 42 heavy (non-hydrogen) atoms. The number of nitrogens with two attached hydrogens (primary N) is 1. The van der Waals surface area contributed by atoms with Crippen LogP contribution in [0.25, 0.3) is 22.2 Å². The number of amides is 1. The fraction of sp³-hybridized carbons (Fsp3) is 0.0968. The number of methoxy groups -OCH3 is 1. The van der Waals surface area contributed by atoms with Crippen LogP contribution in [0.15, 0.2) is 90.1 Å². The second kappa shape index (κ2) is 10.9. The van der Waals surface area contributed by atoms with Crippen molar-refractivity contribution < 1.29 is 9.53 Å². The molecule has 6 rings (SSSR count). The molecule has 0 aliphatic rings. The van der Waals surface area contributed by atoms with Gasteiger partial charge < -0.3 is 15.8 Å². The molecule has 0 saturated heterocycles. The van der Waals surface area contributed by atoms with Gasteiger partial charge in [0.15, 0.2) is 11.5 Å². The van der Waals surface area contributed by atoms with Crippen molar-refractivity contribution >= 4 is 28.3 Å². The molecular formula is C31H24N8O3. The average molecular weight is 557 g/mol. The smallest absolute Gasteiger partial charge is 0.267 e. The van der Waals surface area contributed by atoms with Crippen LogP contribution in [0.3, 0.4) is 0 Å². The number of pyridine rings is 1. The van der Waals surface area contributed by atoms with Gasteiger partial charge in [-0.1, -0.05) is 36.1 Å². The van der Waals surface area contributed by atoms with Crippen molar-refractivity contribution in [2.45, 2.75) is 13.0 Å². The second-order valence-corrected chi connectivity index (χ2v) is 9.33. The lowest BCUT2D eigenvalue weighted by molar-refractivity contribution is 0.0940. The Morgan fingerprint density at radius 1 is 1.02 bits per heavy atom. The molecule has 6 aromatic rings. The number of fused-ring (bicyclic) bond motifs is 2. The van der Waals surface area contributed by atoms with E-state index in [-0.39, 0.29) is 16.9 Å². The van der Waals surface area contributed by atoms with Gasteiger partial charge in [0.1, 0.15) is 11.4 Å². The predicted octanol–water partition coefficient (Wildman–Crippen LogP) is 3.31. The zero-order chi connectivity index (χ0) is 29.2. The van der Waals surface area contributed by atoms with Gasteiger partial charge >= 0.3 is 0 Å². The molecule has 4 heterocycles. The maximum absolute atomic E-state index is 14.2. The summed E-state index contributed by atoms with van der Waals surface area (Å²) in [5.41, 5.74) is 8.42. The molecule has 0 saturated carbocycles. The predicted molar refractivity (Wildman–Crippen MR) is 157 cm³/mol. The summed E-state index contributed by atoms with van der Waals surface area (Å²) in [6, 6.07) is 18.9. The lowest BCUT2D eigenvalue weighted by Gasteiger charge is -2.20. The number of anilines is 1. The minimum Gasteiger partial charge on any atom is -0.481 e. The molecule has 11 nitrogen and oxygen atoms in total. The van der Waals surface area contributed by atoms with Crippen LogP contribution < -0.4 is 21.3 Å². The summed E-state index contributed by atoms with van der Waals surface area (Å²) in [7, 11) is 1.54. The molecule has 0 spiro atoms. The third kappa shape index (κ3) is 4.77. The zero-order valence-corrected chi connectivity index (χ0v) is 22.6. The standard InChI is InChI=1S/C31H24N8O3/c1-19(35-30(40)26-27(32)37-38-17-7-16-33-29(26)38)28-36-23-11-6-8-21(14-12-20-13-15-24(42-2)34-18-20)25(23)31(41)39(28)22-9-4-3-5-10-22/h3-11,13,15-19H,1-2H3,(H2,32,37)(H,35,40)/t19-/m0/s1. The van der Waals surface area contributed by atoms with E-state index in [0.717, 1.165) is 0 Å². The quantitative estimate of drug-likeness (QED) is 0.308. The first kappa shape index (κ1) is 26.2. The number of nitrogens with zero attached hydrogens (tertiary/aromatic N) is 6. The van der Waals surface area contributed by atoms with E-state index >= 15 is 0 Å². The van der Waals surface area contributed by atoms with Gasteiger partial charge in [-0.05, 0) is 43.3 Å². The Labute approximate surface area is 239 Å². The highest BCUT2D eigenvalue weighted by atomic mass is 16.5. The van der Waals surface area contributed by atoms with Gasteiger partial charge in [0.25, 0.3) is 11.5 Å². The van der Waals surface area contributed by atoms with Gasteiger partial charge in [0.2, 0.25) is 5.88 Å². The van der Waals surface area contributed by atoms with Crippen LogP contribution in [0.5, 0.6) is 5.88 Å². The van der Waals surface area contributed by atoms with Crippen molar-refractivity contribution in [1.82, 2.24) is 34.4 Å². The Morgan fingerprint density at radius 2 is 1.86 bits per heavy atom. The van der Waals surface area contributed by atoms with Crippen LogP contribution in [0.1, 0.15) is 40.3 Å². The highest BCUT2D eigenvalue weighted by Gasteiger charge is 2.24. The number of nitrogen functional groups attached to an aromatic ring is 1.